The molecule has 0 atom stereocenters. The van der Waals surface area contributed by atoms with Gasteiger partial charge >= 0.3 is 17.6 Å². The van der Waals surface area contributed by atoms with Crippen LogP contribution in [0.5, 0.6) is 5.75 Å². The molecule has 0 unspecified atom stereocenters. The molecule has 0 aliphatic heterocycles. The molecular formula is C21H18N4O8. The first-order valence-electron chi connectivity index (χ1n) is 9.35. The van der Waals surface area contributed by atoms with Gasteiger partial charge in [0.1, 0.15) is 0 Å². The molecule has 0 spiro atoms. The monoisotopic (exact) mass is 454 g/mol. The molecule has 1 amide bonds. The van der Waals surface area contributed by atoms with Gasteiger partial charge in [0.05, 0.1) is 30.3 Å². The number of nitrogens with zero attached hydrogens (tertiary/aromatic N) is 3. The number of methoxy groups -OCH3 is 2. The summed E-state index contributed by atoms with van der Waals surface area (Å²) in [5.74, 6) is -1.98. The van der Waals surface area contributed by atoms with E-state index in [-0.39, 0.29) is 40.7 Å². The highest BCUT2D eigenvalue weighted by Crippen LogP contribution is 2.26. The summed E-state index contributed by atoms with van der Waals surface area (Å²) in [6, 6.07) is 11.2. The normalized spacial score (nSPS) is 10.2. The van der Waals surface area contributed by atoms with Gasteiger partial charge in [0.25, 0.3) is 5.91 Å². The lowest BCUT2D eigenvalue weighted by atomic mass is 10.1. The molecule has 1 N–H and O–H groups in total. The van der Waals surface area contributed by atoms with Crippen molar-refractivity contribution >= 4 is 29.2 Å². The fourth-order valence-corrected chi connectivity index (χ4v) is 2.79. The van der Waals surface area contributed by atoms with E-state index in [1.54, 1.807) is 6.07 Å². The summed E-state index contributed by atoms with van der Waals surface area (Å²) in [5.41, 5.74) is 0.0333. The van der Waals surface area contributed by atoms with E-state index in [1.165, 1.54) is 67.6 Å². The predicted octanol–water partition coefficient (Wildman–Crippen LogP) is 2.65. The van der Waals surface area contributed by atoms with E-state index in [9.17, 15) is 24.5 Å². The molecule has 170 valence electrons. The number of rotatable bonds is 8. The van der Waals surface area contributed by atoms with Crippen molar-refractivity contribution in [2.45, 2.75) is 6.73 Å². The molecule has 12 heteroatoms. The third kappa shape index (κ3) is 5.50. The molecule has 3 aromatic rings. The average Bonchev–Trinajstić information content (AvgIpc) is 3.30. The minimum absolute atomic E-state index is 0.00394. The maximum Gasteiger partial charge on any atom is 0.337 e. The van der Waals surface area contributed by atoms with Crippen LogP contribution < -0.4 is 10.1 Å². The van der Waals surface area contributed by atoms with E-state index in [4.69, 9.17) is 4.74 Å². The lowest BCUT2D eigenvalue weighted by Crippen LogP contribution is -2.16. The summed E-state index contributed by atoms with van der Waals surface area (Å²) in [7, 11) is 2.37. The number of aromatic nitrogens is 2. The largest absolute Gasteiger partial charge is 0.465 e. The van der Waals surface area contributed by atoms with Gasteiger partial charge in [0, 0.05) is 18.0 Å². The topological polar surface area (TPSA) is 152 Å². The lowest BCUT2D eigenvalue weighted by Gasteiger charge is -2.09. The molecule has 33 heavy (non-hydrogen) atoms. The first-order valence-corrected chi connectivity index (χ1v) is 9.35. The van der Waals surface area contributed by atoms with Gasteiger partial charge in [-0.05, 0) is 30.3 Å². The number of carbonyl (C=O) groups is 3. The standard InChI is InChI=1S/C21H18N4O8/c1-31-20(27)13-9-14(21(28)32-2)11-15(10-13)22-19(26)16-7-8-24(23-16)12-33-18-6-4-3-5-17(18)25(29)30/h3-11H,12H2,1-2H3,(H,22,26). The number of nitro benzene ring substituents is 1. The van der Waals surface area contributed by atoms with E-state index in [0.717, 1.165) is 0 Å². The van der Waals surface area contributed by atoms with E-state index in [2.05, 4.69) is 19.9 Å². The zero-order valence-electron chi connectivity index (χ0n) is 17.5. The number of carbonyl (C=O) groups excluding carboxylic acids is 3. The van der Waals surface area contributed by atoms with E-state index in [1.807, 2.05) is 0 Å². The Morgan fingerprint density at radius 3 is 2.27 bits per heavy atom. The Kier molecular flexibility index (Phi) is 6.98. The molecular weight excluding hydrogens is 436 g/mol. The average molecular weight is 454 g/mol. The summed E-state index contributed by atoms with van der Waals surface area (Å²) in [6.45, 7) is -0.178. The first-order chi connectivity index (χ1) is 15.8. The van der Waals surface area contributed by atoms with Crippen molar-refractivity contribution in [1.29, 1.82) is 0 Å². The fourth-order valence-electron chi connectivity index (χ4n) is 2.79. The molecule has 3 rings (SSSR count). The second-order valence-electron chi connectivity index (χ2n) is 6.48. The van der Waals surface area contributed by atoms with Crippen molar-refractivity contribution < 1.29 is 33.5 Å². The van der Waals surface area contributed by atoms with Gasteiger partial charge in [-0.2, -0.15) is 5.10 Å². The Morgan fingerprint density at radius 2 is 1.67 bits per heavy atom. The van der Waals surface area contributed by atoms with Crippen molar-refractivity contribution in [2.24, 2.45) is 0 Å². The van der Waals surface area contributed by atoms with Crippen molar-refractivity contribution in [3.63, 3.8) is 0 Å². The number of amides is 1. The van der Waals surface area contributed by atoms with Crippen molar-refractivity contribution in [3.05, 3.63) is 81.7 Å². The van der Waals surface area contributed by atoms with Gasteiger partial charge in [-0.1, -0.05) is 12.1 Å². The number of anilines is 1. The molecule has 0 saturated heterocycles. The number of benzene rings is 2. The SMILES string of the molecule is COC(=O)c1cc(NC(=O)c2ccn(COc3ccccc3[N+](=O)[O-])n2)cc(C(=O)OC)c1. The number of hydrogen-bond acceptors (Lipinski definition) is 9. The third-order valence-electron chi connectivity index (χ3n) is 4.32. The van der Waals surface area contributed by atoms with E-state index >= 15 is 0 Å². The number of hydrogen-bond donors (Lipinski definition) is 1. The molecule has 12 nitrogen and oxygen atoms in total. The van der Waals surface area contributed by atoms with Crippen LogP contribution in [0.4, 0.5) is 11.4 Å². The Balaban J connectivity index is 1.74. The molecule has 0 bridgehead atoms. The number of nitro groups is 1. The molecule has 1 aromatic heterocycles. The molecule has 0 saturated carbocycles. The van der Waals surface area contributed by atoms with Crippen molar-refractivity contribution in [2.75, 3.05) is 19.5 Å². The smallest absolute Gasteiger partial charge is 0.337 e. The summed E-state index contributed by atoms with van der Waals surface area (Å²) >= 11 is 0. The van der Waals surface area contributed by atoms with Crippen molar-refractivity contribution in [1.82, 2.24) is 9.78 Å². The Labute approximate surface area is 186 Å². The summed E-state index contributed by atoms with van der Waals surface area (Å²) in [6.07, 6.45) is 1.45. The number of nitrogens with one attached hydrogen (secondary N) is 1. The van der Waals surface area contributed by atoms with Crippen molar-refractivity contribution in [3.8, 4) is 5.75 Å². The second-order valence-corrected chi connectivity index (χ2v) is 6.48. The predicted molar refractivity (Wildman–Crippen MR) is 113 cm³/mol. The van der Waals surface area contributed by atoms with Gasteiger partial charge < -0.3 is 19.5 Å². The van der Waals surface area contributed by atoms with Gasteiger partial charge in [-0.25, -0.2) is 14.3 Å². The first kappa shape index (κ1) is 22.9. The van der Waals surface area contributed by atoms with Crippen LogP contribution in [-0.4, -0.2) is 46.8 Å². The van der Waals surface area contributed by atoms with Crippen LogP contribution in [0.1, 0.15) is 31.2 Å². The van der Waals surface area contributed by atoms with Crippen LogP contribution in [0.3, 0.4) is 0 Å². The lowest BCUT2D eigenvalue weighted by molar-refractivity contribution is -0.386. The highest BCUT2D eigenvalue weighted by atomic mass is 16.6. The summed E-state index contributed by atoms with van der Waals surface area (Å²) in [5, 5.41) is 17.7. The summed E-state index contributed by atoms with van der Waals surface area (Å²) in [4.78, 5) is 46.9. The Hall–Kier alpha value is -4.74. The minimum Gasteiger partial charge on any atom is -0.465 e. The number of para-hydroxylation sites is 2. The van der Waals surface area contributed by atoms with Crippen LogP contribution >= 0.6 is 0 Å². The second kappa shape index (κ2) is 10.0. The Morgan fingerprint density at radius 1 is 1.03 bits per heavy atom. The molecule has 1 heterocycles. The van der Waals surface area contributed by atoms with Crippen LogP contribution in [0.15, 0.2) is 54.7 Å². The molecule has 0 radical (unpaired) electrons. The molecule has 0 aliphatic carbocycles. The minimum atomic E-state index is -0.701. The van der Waals surface area contributed by atoms with Gasteiger partial charge in [-0.3, -0.25) is 14.9 Å². The number of ether oxygens (including phenoxy) is 3. The summed E-state index contributed by atoms with van der Waals surface area (Å²) < 4.78 is 16.0. The van der Waals surface area contributed by atoms with E-state index < -0.39 is 22.8 Å². The highest BCUT2D eigenvalue weighted by molar-refractivity contribution is 6.04. The Bertz CT molecular complexity index is 1190. The molecule has 0 fully saturated rings. The van der Waals surface area contributed by atoms with Crippen LogP contribution in [0, 0.1) is 10.1 Å². The van der Waals surface area contributed by atoms with Gasteiger partial charge in [-0.15, -0.1) is 0 Å². The van der Waals surface area contributed by atoms with E-state index in [0.29, 0.717) is 0 Å². The third-order valence-corrected chi connectivity index (χ3v) is 4.32. The van der Waals surface area contributed by atoms with Gasteiger partial charge in [0.15, 0.2) is 18.2 Å². The molecule has 2 aromatic carbocycles. The van der Waals surface area contributed by atoms with Crippen LogP contribution in [0.25, 0.3) is 0 Å². The molecule has 0 aliphatic rings. The van der Waals surface area contributed by atoms with Crippen LogP contribution in [-0.2, 0) is 16.2 Å². The highest BCUT2D eigenvalue weighted by Gasteiger charge is 2.17. The van der Waals surface area contributed by atoms with Crippen LogP contribution in [0.2, 0.25) is 0 Å². The quantitative estimate of drug-likeness (QED) is 0.307. The fraction of sp³-hybridized carbons (Fsp3) is 0.143. The van der Waals surface area contributed by atoms with Gasteiger partial charge in [0.2, 0.25) is 0 Å². The zero-order valence-corrected chi connectivity index (χ0v) is 17.5. The maximum absolute atomic E-state index is 12.6. The zero-order chi connectivity index (χ0) is 24.0. The number of esters is 2. The maximum atomic E-state index is 12.6.